The summed E-state index contributed by atoms with van der Waals surface area (Å²) in [5.41, 5.74) is 2.72. The van der Waals surface area contributed by atoms with Crippen LogP contribution in [0.5, 0.6) is 11.5 Å². The van der Waals surface area contributed by atoms with E-state index >= 15 is 0 Å². The highest BCUT2D eigenvalue weighted by molar-refractivity contribution is 7.99. The largest absolute Gasteiger partial charge is 0.486 e. The lowest BCUT2D eigenvalue weighted by atomic mass is 10.1. The van der Waals surface area contributed by atoms with E-state index in [0.29, 0.717) is 37.3 Å². The second-order valence-corrected chi connectivity index (χ2v) is 8.80. The summed E-state index contributed by atoms with van der Waals surface area (Å²) in [6, 6.07) is 19.5. The van der Waals surface area contributed by atoms with E-state index in [1.165, 1.54) is 11.8 Å². The summed E-state index contributed by atoms with van der Waals surface area (Å²) in [5.74, 6) is 2.38. The van der Waals surface area contributed by atoms with Crippen LogP contribution < -0.4 is 9.47 Å². The fourth-order valence-electron chi connectivity index (χ4n) is 3.91. The highest BCUT2D eigenvalue weighted by Gasteiger charge is 2.22. The molecule has 0 atom stereocenters. The fourth-order valence-corrected chi connectivity index (χ4v) is 4.77. The first-order valence-corrected chi connectivity index (χ1v) is 12.4. The molecule has 0 fully saturated rings. The molecule has 1 aliphatic heterocycles. The first kappa shape index (κ1) is 22.9. The molecule has 0 saturated heterocycles. The smallest absolute Gasteiger partial charge is 0.233 e. The Morgan fingerprint density at radius 3 is 2.69 bits per heavy atom. The molecule has 0 radical (unpaired) electrons. The van der Waals surface area contributed by atoms with Gasteiger partial charge in [-0.3, -0.25) is 14.3 Å². The Hall–Kier alpha value is -3.85. The monoisotopic (exact) mass is 487 g/mol. The van der Waals surface area contributed by atoms with Crippen molar-refractivity contribution in [1.82, 2.24) is 24.6 Å². The Balaban J connectivity index is 1.35. The molecular formula is C26H25N5O3S. The van der Waals surface area contributed by atoms with Crippen molar-refractivity contribution in [1.29, 1.82) is 0 Å². The number of pyridine rings is 1. The molecule has 5 rings (SSSR count). The van der Waals surface area contributed by atoms with E-state index in [0.717, 1.165) is 28.3 Å². The van der Waals surface area contributed by atoms with E-state index in [1.807, 2.05) is 77.1 Å². The van der Waals surface area contributed by atoms with E-state index in [2.05, 4.69) is 15.2 Å². The minimum atomic E-state index is 0.0115. The average molecular weight is 488 g/mol. The normalized spacial score (nSPS) is 12.4. The second kappa shape index (κ2) is 10.6. The number of carbonyl (C=O) groups excluding carboxylic acids is 1. The summed E-state index contributed by atoms with van der Waals surface area (Å²) in [7, 11) is 0. The van der Waals surface area contributed by atoms with Crippen LogP contribution in [0.15, 0.2) is 78.2 Å². The standard InChI is InChI=1S/C26H25N5O3S/c1-2-30(17-20-8-6-12-22-24(20)34-15-14-33-22)23(32)18-35-26-29-28-25(19-9-7-13-27-16-19)31(26)21-10-4-3-5-11-21/h3-13,16H,2,14-15,17-18H2,1H3. The van der Waals surface area contributed by atoms with Gasteiger partial charge in [0, 0.05) is 42.3 Å². The van der Waals surface area contributed by atoms with Gasteiger partial charge in [-0.05, 0) is 37.3 Å². The summed E-state index contributed by atoms with van der Waals surface area (Å²) in [6.45, 7) is 4.05. The number of nitrogens with zero attached hydrogens (tertiary/aromatic N) is 5. The zero-order chi connectivity index (χ0) is 24.0. The van der Waals surface area contributed by atoms with Crippen LogP contribution >= 0.6 is 11.8 Å². The molecule has 9 heteroatoms. The van der Waals surface area contributed by atoms with Crippen LogP contribution in [0.2, 0.25) is 0 Å². The van der Waals surface area contributed by atoms with Gasteiger partial charge in [-0.2, -0.15) is 0 Å². The number of thioether (sulfide) groups is 1. The Kier molecular flexibility index (Phi) is 6.94. The van der Waals surface area contributed by atoms with Crippen molar-refractivity contribution in [3.63, 3.8) is 0 Å². The first-order chi connectivity index (χ1) is 17.2. The van der Waals surface area contributed by atoms with Gasteiger partial charge in [-0.25, -0.2) is 0 Å². The van der Waals surface area contributed by atoms with Crippen molar-refractivity contribution in [2.45, 2.75) is 18.6 Å². The van der Waals surface area contributed by atoms with Crippen molar-refractivity contribution >= 4 is 17.7 Å². The maximum atomic E-state index is 13.2. The number of para-hydroxylation sites is 2. The average Bonchev–Trinajstić information content (AvgIpc) is 3.35. The molecule has 0 spiro atoms. The van der Waals surface area contributed by atoms with Gasteiger partial charge in [0.15, 0.2) is 22.5 Å². The van der Waals surface area contributed by atoms with Crippen LogP contribution in [0.1, 0.15) is 12.5 Å². The zero-order valence-corrected chi connectivity index (χ0v) is 20.1. The fraction of sp³-hybridized carbons (Fsp3) is 0.231. The summed E-state index contributed by atoms with van der Waals surface area (Å²) in [6.07, 6.45) is 3.48. The summed E-state index contributed by atoms with van der Waals surface area (Å²) < 4.78 is 13.5. The number of aromatic nitrogens is 4. The maximum Gasteiger partial charge on any atom is 0.233 e. The molecule has 2 aromatic heterocycles. The van der Waals surface area contributed by atoms with Gasteiger partial charge in [-0.1, -0.05) is 42.1 Å². The summed E-state index contributed by atoms with van der Waals surface area (Å²) >= 11 is 1.37. The number of ether oxygens (including phenoxy) is 2. The molecule has 8 nitrogen and oxygen atoms in total. The third-order valence-corrected chi connectivity index (χ3v) is 6.55. The Morgan fingerprint density at radius 1 is 1.03 bits per heavy atom. The molecule has 0 N–H and O–H groups in total. The predicted molar refractivity (Wildman–Crippen MR) is 134 cm³/mol. The van der Waals surface area contributed by atoms with Crippen LogP contribution in [0.3, 0.4) is 0 Å². The molecule has 3 heterocycles. The molecule has 2 aromatic carbocycles. The van der Waals surface area contributed by atoms with Gasteiger partial charge in [-0.15, -0.1) is 10.2 Å². The molecule has 35 heavy (non-hydrogen) atoms. The molecular weight excluding hydrogens is 462 g/mol. The number of amides is 1. The van der Waals surface area contributed by atoms with E-state index in [-0.39, 0.29) is 11.7 Å². The van der Waals surface area contributed by atoms with Crippen molar-refractivity contribution in [2.75, 3.05) is 25.5 Å². The van der Waals surface area contributed by atoms with Gasteiger partial charge < -0.3 is 14.4 Å². The lowest BCUT2D eigenvalue weighted by molar-refractivity contribution is -0.128. The number of carbonyl (C=O) groups is 1. The van der Waals surface area contributed by atoms with Gasteiger partial charge in [0.2, 0.25) is 5.91 Å². The van der Waals surface area contributed by atoms with Crippen LogP contribution in [0.25, 0.3) is 17.1 Å². The lowest BCUT2D eigenvalue weighted by Gasteiger charge is -2.25. The van der Waals surface area contributed by atoms with Crippen molar-refractivity contribution < 1.29 is 14.3 Å². The molecule has 1 aliphatic rings. The van der Waals surface area contributed by atoms with Crippen molar-refractivity contribution in [3.8, 4) is 28.6 Å². The minimum Gasteiger partial charge on any atom is -0.486 e. The van der Waals surface area contributed by atoms with E-state index in [1.54, 1.807) is 12.4 Å². The Bertz CT molecular complexity index is 1300. The number of benzene rings is 2. The second-order valence-electron chi connectivity index (χ2n) is 7.86. The zero-order valence-electron chi connectivity index (χ0n) is 19.3. The maximum absolute atomic E-state index is 13.2. The topological polar surface area (TPSA) is 82.4 Å². The van der Waals surface area contributed by atoms with E-state index in [9.17, 15) is 4.79 Å². The van der Waals surface area contributed by atoms with Crippen LogP contribution in [-0.2, 0) is 11.3 Å². The molecule has 0 unspecified atom stereocenters. The third-order valence-electron chi connectivity index (χ3n) is 5.64. The van der Waals surface area contributed by atoms with E-state index in [4.69, 9.17) is 9.47 Å². The van der Waals surface area contributed by atoms with Gasteiger partial charge >= 0.3 is 0 Å². The van der Waals surface area contributed by atoms with Crippen LogP contribution in [0.4, 0.5) is 0 Å². The molecule has 178 valence electrons. The molecule has 4 aromatic rings. The Morgan fingerprint density at radius 2 is 1.89 bits per heavy atom. The van der Waals surface area contributed by atoms with E-state index < -0.39 is 0 Å². The number of hydrogen-bond acceptors (Lipinski definition) is 7. The van der Waals surface area contributed by atoms with Crippen LogP contribution in [-0.4, -0.2) is 56.1 Å². The van der Waals surface area contributed by atoms with Crippen LogP contribution in [0, 0.1) is 0 Å². The SMILES string of the molecule is CCN(Cc1cccc2c1OCCO2)C(=O)CSc1nnc(-c2cccnc2)n1-c1ccccc1. The van der Waals surface area contributed by atoms with Crippen molar-refractivity contribution in [2.24, 2.45) is 0 Å². The van der Waals surface area contributed by atoms with Gasteiger partial charge in [0.25, 0.3) is 0 Å². The number of rotatable bonds is 8. The molecule has 0 saturated carbocycles. The molecule has 1 amide bonds. The number of fused-ring (bicyclic) bond motifs is 1. The van der Waals surface area contributed by atoms with Gasteiger partial charge in [0.1, 0.15) is 13.2 Å². The highest BCUT2D eigenvalue weighted by Crippen LogP contribution is 2.34. The quantitative estimate of drug-likeness (QED) is 0.344. The molecule has 0 aliphatic carbocycles. The third kappa shape index (κ3) is 5.00. The van der Waals surface area contributed by atoms with Crippen molar-refractivity contribution in [3.05, 3.63) is 78.6 Å². The summed E-state index contributed by atoms with van der Waals surface area (Å²) in [4.78, 5) is 19.2. The Labute approximate surface area is 207 Å². The number of hydrogen-bond donors (Lipinski definition) is 0. The highest BCUT2D eigenvalue weighted by atomic mass is 32.2. The summed E-state index contributed by atoms with van der Waals surface area (Å²) in [5, 5.41) is 9.47. The molecule has 0 bridgehead atoms. The minimum absolute atomic E-state index is 0.0115. The first-order valence-electron chi connectivity index (χ1n) is 11.4. The predicted octanol–water partition coefficient (Wildman–Crippen LogP) is 4.24. The van der Waals surface area contributed by atoms with Gasteiger partial charge in [0.05, 0.1) is 5.75 Å². The lowest BCUT2D eigenvalue weighted by Crippen LogP contribution is -2.32.